The number of nitro groups is 1. The van der Waals surface area contributed by atoms with Crippen LogP contribution in [-0.4, -0.2) is 48.5 Å². The zero-order valence-electron chi connectivity index (χ0n) is 12.3. The largest absolute Gasteiger partial charge is 0.389 e. The summed E-state index contributed by atoms with van der Waals surface area (Å²) >= 11 is 0.800. The van der Waals surface area contributed by atoms with E-state index in [4.69, 9.17) is 0 Å². The summed E-state index contributed by atoms with van der Waals surface area (Å²) in [5.74, 6) is 0. The second kappa shape index (κ2) is 6.26. The van der Waals surface area contributed by atoms with E-state index in [-0.39, 0.29) is 28.0 Å². The lowest BCUT2D eigenvalue weighted by molar-refractivity contribution is -0.383. The number of sulfonamides is 1. The van der Waals surface area contributed by atoms with Gasteiger partial charge in [-0.15, -0.1) is 0 Å². The fraction of sp³-hybridized carbons (Fsp3) is 0.636. The van der Waals surface area contributed by atoms with Gasteiger partial charge < -0.3 is 10.4 Å². The van der Waals surface area contributed by atoms with Gasteiger partial charge in [-0.25, -0.2) is 8.42 Å². The minimum atomic E-state index is -3.88. The van der Waals surface area contributed by atoms with Gasteiger partial charge >= 0.3 is 5.69 Å². The minimum Gasteiger partial charge on any atom is -0.389 e. The van der Waals surface area contributed by atoms with Gasteiger partial charge in [0.2, 0.25) is 0 Å². The summed E-state index contributed by atoms with van der Waals surface area (Å²) in [6.45, 7) is 4.71. The number of thiophene rings is 1. The molecule has 0 spiro atoms. The molecule has 1 aromatic heterocycles. The molecule has 0 atom stereocenters. The van der Waals surface area contributed by atoms with Gasteiger partial charge in [-0.1, -0.05) is 18.3 Å². The average Bonchev–Trinajstić information content (AvgIpc) is 2.79. The molecule has 2 N–H and O–H groups in total. The fourth-order valence-corrected chi connectivity index (χ4v) is 4.77. The van der Waals surface area contributed by atoms with Crippen molar-refractivity contribution in [3.05, 3.63) is 16.2 Å². The topological polar surface area (TPSA) is 113 Å². The first-order valence-electron chi connectivity index (χ1n) is 6.21. The Morgan fingerprint density at radius 3 is 2.43 bits per heavy atom. The summed E-state index contributed by atoms with van der Waals surface area (Å²) < 4.78 is 26.0. The van der Waals surface area contributed by atoms with Gasteiger partial charge in [0.25, 0.3) is 10.0 Å². The molecular formula is C11H19N3O5S2. The zero-order valence-corrected chi connectivity index (χ0v) is 13.9. The molecule has 1 aromatic rings. The van der Waals surface area contributed by atoms with Crippen LogP contribution < -0.4 is 5.32 Å². The first-order chi connectivity index (χ1) is 9.52. The van der Waals surface area contributed by atoms with Gasteiger partial charge in [0.1, 0.15) is 4.21 Å². The molecular weight excluding hydrogens is 318 g/mol. The van der Waals surface area contributed by atoms with Crippen molar-refractivity contribution in [1.29, 1.82) is 0 Å². The zero-order chi connectivity index (χ0) is 16.4. The van der Waals surface area contributed by atoms with Crippen LogP contribution in [0.2, 0.25) is 0 Å². The maximum Gasteiger partial charge on any atom is 0.304 e. The van der Waals surface area contributed by atoms with Crippen LogP contribution in [0.3, 0.4) is 0 Å². The fourth-order valence-electron chi connectivity index (χ4n) is 1.73. The first kappa shape index (κ1) is 17.8. The smallest absolute Gasteiger partial charge is 0.304 e. The van der Waals surface area contributed by atoms with Crippen LogP contribution in [0.4, 0.5) is 10.7 Å². The summed E-state index contributed by atoms with van der Waals surface area (Å²) in [6, 6.07) is 1.04. The van der Waals surface area contributed by atoms with Crippen LogP contribution in [0.1, 0.15) is 20.8 Å². The highest BCUT2D eigenvalue weighted by atomic mass is 32.2. The van der Waals surface area contributed by atoms with Gasteiger partial charge in [-0.3, -0.25) is 10.1 Å². The van der Waals surface area contributed by atoms with Gasteiger partial charge in [0.15, 0.2) is 5.00 Å². The number of aliphatic hydroxyl groups is 1. The number of rotatable bonds is 7. The second-order valence-electron chi connectivity index (χ2n) is 5.03. The number of nitrogens with one attached hydrogen (secondary N) is 1. The molecule has 0 saturated carbocycles. The molecule has 0 radical (unpaired) electrons. The monoisotopic (exact) mass is 337 g/mol. The second-order valence-corrected chi connectivity index (χ2v) is 8.25. The highest BCUT2D eigenvalue weighted by molar-refractivity contribution is 7.91. The Morgan fingerprint density at radius 2 is 2.10 bits per heavy atom. The van der Waals surface area contributed by atoms with E-state index in [0.717, 1.165) is 21.7 Å². The van der Waals surface area contributed by atoms with Crippen LogP contribution in [0.25, 0.3) is 0 Å². The quantitative estimate of drug-likeness (QED) is 0.575. The molecule has 1 rings (SSSR count). The molecule has 0 aliphatic rings. The van der Waals surface area contributed by atoms with Crippen molar-refractivity contribution >= 4 is 32.0 Å². The molecule has 120 valence electrons. The van der Waals surface area contributed by atoms with Crippen molar-refractivity contribution < 1.29 is 18.4 Å². The highest BCUT2D eigenvalue weighted by Crippen LogP contribution is 2.38. The molecule has 21 heavy (non-hydrogen) atoms. The molecule has 0 aliphatic heterocycles. The maximum absolute atomic E-state index is 12.5. The summed E-state index contributed by atoms with van der Waals surface area (Å²) in [5.41, 5.74) is -1.47. The molecule has 0 saturated heterocycles. The minimum absolute atomic E-state index is 0.0909. The Morgan fingerprint density at radius 1 is 1.52 bits per heavy atom. The van der Waals surface area contributed by atoms with Crippen LogP contribution in [0, 0.1) is 10.1 Å². The lowest BCUT2D eigenvalue weighted by Crippen LogP contribution is -2.41. The summed E-state index contributed by atoms with van der Waals surface area (Å²) in [4.78, 5) is 10.3. The summed E-state index contributed by atoms with van der Waals surface area (Å²) in [6.07, 6.45) is 0. The molecule has 0 amide bonds. The van der Waals surface area contributed by atoms with Gasteiger partial charge in [0, 0.05) is 26.2 Å². The van der Waals surface area contributed by atoms with E-state index in [1.54, 1.807) is 6.92 Å². The lowest BCUT2D eigenvalue weighted by Gasteiger charge is -2.26. The molecule has 1 heterocycles. The predicted molar refractivity (Wildman–Crippen MR) is 81.3 cm³/mol. The number of likely N-dealkylation sites (N-methyl/N-ethyl adjacent to an activating group) is 1. The Kier molecular flexibility index (Phi) is 5.31. The van der Waals surface area contributed by atoms with E-state index in [2.05, 4.69) is 5.32 Å². The van der Waals surface area contributed by atoms with Crippen molar-refractivity contribution in [2.45, 2.75) is 30.6 Å². The molecule has 8 nitrogen and oxygen atoms in total. The van der Waals surface area contributed by atoms with E-state index < -0.39 is 20.5 Å². The third-order valence-electron chi connectivity index (χ3n) is 2.62. The SMILES string of the molecule is CCN(CC(C)(C)O)S(=O)(=O)c1cc([N+](=O)[O-])c(NC)s1. The Bertz CT molecular complexity index is 618. The standard InChI is InChI=1S/C11H19N3O5S2/c1-5-13(7-11(2,3)15)21(18,19)9-6-8(14(16)17)10(12-4)20-9/h6,12,15H,5,7H2,1-4H3. The number of hydrogen-bond acceptors (Lipinski definition) is 7. The molecule has 0 bridgehead atoms. The predicted octanol–water partition coefficient (Wildman–Crippen LogP) is 1.48. The van der Waals surface area contributed by atoms with Crippen LogP contribution in [0.15, 0.2) is 10.3 Å². The molecule has 10 heteroatoms. The maximum atomic E-state index is 12.5. The lowest BCUT2D eigenvalue weighted by atomic mass is 10.1. The third kappa shape index (κ3) is 4.13. The van der Waals surface area contributed by atoms with Crippen molar-refractivity contribution in [2.24, 2.45) is 0 Å². The van der Waals surface area contributed by atoms with Crippen LogP contribution >= 0.6 is 11.3 Å². The number of hydrogen-bond donors (Lipinski definition) is 2. The molecule has 0 fully saturated rings. The van der Waals surface area contributed by atoms with Crippen molar-refractivity contribution in [1.82, 2.24) is 4.31 Å². The normalized spacial score (nSPS) is 12.7. The van der Waals surface area contributed by atoms with Gasteiger partial charge in [0.05, 0.1) is 10.5 Å². The van der Waals surface area contributed by atoms with Crippen molar-refractivity contribution in [3.63, 3.8) is 0 Å². The highest BCUT2D eigenvalue weighted by Gasteiger charge is 2.32. The van der Waals surface area contributed by atoms with Crippen molar-refractivity contribution in [3.8, 4) is 0 Å². The molecule has 0 aliphatic carbocycles. The molecule has 0 aromatic carbocycles. The number of anilines is 1. The van der Waals surface area contributed by atoms with E-state index in [1.807, 2.05) is 0 Å². The Balaban J connectivity index is 3.26. The molecule has 0 unspecified atom stereocenters. The van der Waals surface area contributed by atoms with E-state index in [9.17, 15) is 23.6 Å². The Labute approximate surface area is 127 Å². The van der Waals surface area contributed by atoms with E-state index in [1.165, 1.54) is 20.9 Å². The van der Waals surface area contributed by atoms with Crippen LogP contribution in [0.5, 0.6) is 0 Å². The van der Waals surface area contributed by atoms with E-state index in [0.29, 0.717) is 0 Å². The number of nitrogens with zero attached hydrogens (tertiary/aromatic N) is 2. The Hall–Kier alpha value is -1.23. The third-order valence-corrected chi connectivity index (χ3v) is 6.14. The van der Waals surface area contributed by atoms with E-state index >= 15 is 0 Å². The van der Waals surface area contributed by atoms with Crippen molar-refractivity contribution in [2.75, 3.05) is 25.5 Å². The summed E-state index contributed by atoms with van der Waals surface area (Å²) in [7, 11) is -2.39. The van der Waals surface area contributed by atoms with Gasteiger partial charge in [-0.2, -0.15) is 4.31 Å². The van der Waals surface area contributed by atoms with Crippen LogP contribution in [-0.2, 0) is 10.0 Å². The first-order valence-corrected chi connectivity index (χ1v) is 8.47. The summed E-state index contributed by atoms with van der Waals surface area (Å²) in [5, 5.41) is 23.5. The average molecular weight is 337 g/mol. The van der Waals surface area contributed by atoms with Gasteiger partial charge in [-0.05, 0) is 13.8 Å².